The Kier molecular flexibility index (Phi) is 7.94. The quantitative estimate of drug-likeness (QED) is 0.183. The molecule has 2 amide bonds. The largest absolute Gasteiger partial charge is 0.345 e. The van der Waals surface area contributed by atoms with Gasteiger partial charge in [-0.15, -0.1) is 21.5 Å². The highest BCUT2D eigenvalue weighted by atomic mass is 32.2. The number of aromatic nitrogens is 4. The van der Waals surface area contributed by atoms with Crippen molar-refractivity contribution < 1.29 is 14.5 Å². The molecule has 0 aliphatic heterocycles. The number of amides is 2. The van der Waals surface area contributed by atoms with Crippen molar-refractivity contribution in [3.05, 3.63) is 86.2 Å². The van der Waals surface area contributed by atoms with Gasteiger partial charge in [0.1, 0.15) is 0 Å². The zero-order valence-electron chi connectivity index (χ0n) is 20.2. The number of nitrogens with one attached hydrogen (secondary N) is 2. The van der Waals surface area contributed by atoms with E-state index in [1.807, 2.05) is 36.6 Å². The molecule has 0 bridgehead atoms. The van der Waals surface area contributed by atoms with Gasteiger partial charge in [0.2, 0.25) is 5.91 Å². The maximum atomic E-state index is 12.9. The van der Waals surface area contributed by atoms with Gasteiger partial charge < -0.3 is 10.6 Å². The number of thiazole rings is 1. The number of anilines is 1. The maximum Gasteiger partial charge on any atom is 0.273 e. The van der Waals surface area contributed by atoms with E-state index < -0.39 is 10.8 Å². The van der Waals surface area contributed by atoms with Crippen LogP contribution in [0.25, 0.3) is 5.69 Å². The molecule has 2 aromatic heterocycles. The van der Waals surface area contributed by atoms with Gasteiger partial charge in [-0.1, -0.05) is 30.0 Å². The van der Waals surface area contributed by atoms with Crippen LogP contribution in [0.4, 0.5) is 10.8 Å². The monoisotopic (exact) mass is 537 g/mol. The number of rotatable bonds is 9. The van der Waals surface area contributed by atoms with Crippen molar-refractivity contribution in [1.82, 2.24) is 25.1 Å². The summed E-state index contributed by atoms with van der Waals surface area (Å²) in [5.74, 6) is -0.157. The van der Waals surface area contributed by atoms with Crippen molar-refractivity contribution in [2.75, 3.05) is 11.1 Å². The molecule has 0 atom stereocenters. The summed E-state index contributed by atoms with van der Waals surface area (Å²) >= 11 is 2.54. The molecule has 13 heteroatoms. The molecule has 0 fully saturated rings. The van der Waals surface area contributed by atoms with Gasteiger partial charge in [-0.05, 0) is 44.0 Å². The minimum atomic E-state index is -0.516. The third-order valence-electron chi connectivity index (χ3n) is 5.68. The molecule has 2 heterocycles. The van der Waals surface area contributed by atoms with Gasteiger partial charge in [-0.2, -0.15) is 0 Å². The molecule has 0 saturated heterocycles. The highest BCUT2D eigenvalue weighted by molar-refractivity contribution is 7.99. The Labute approximate surface area is 220 Å². The van der Waals surface area contributed by atoms with Crippen LogP contribution in [-0.4, -0.2) is 42.2 Å². The first-order chi connectivity index (χ1) is 17.8. The number of nitro benzene ring substituents is 1. The van der Waals surface area contributed by atoms with E-state index in [9.17, 15) is 19.7 Å². The Balaban J connectivity index is 1.58. The topological polar surface area (TPSA) is 145 Å². The third kappa shape index (κ3) is 5.84. The van der Waals surface area contributed by atoms with E-state index in [4.69, 9.17) is 0 Å². The van der Waals surface area contributed by atoms with E-state index in [1.54, 1.807) is 11.6 Å². The minimum absolute atomic E-state index is 0.0211. The van der Waals surface area contributed by atoms with Crippen LogP contribution in [-0.2, 0) is 11.3 Å². The average molecular weight is 538 g/mol. The predicted molar refractivity (Wildman–Crippen MR) is 141 cm³/mol. The van der Waals surface area contributed by atoms with E-state index in [0.29, 0.717) is 16.1 Å². The first-order valence-electron chi connectivity index (χ1n) is 11.1. The third-order valence-corrected chi connectivity index (χ3v) is 7.30. The van der Waals surface area contributed by atoms with Crippen LogP contribution in [0.3, 0.4) is 0 Å². The molecule has 0 aliphatic carbocycles. The highest BCUT2D eigenvalue weighted by Crippen LogP contribution is 2.26. The zero-order chi connectivity index (χ0) is 26.5. The van der Waals surface area contributed by atoms with Gasteiger partial charge in [0.05, 0.1) is 22.9 Å². The highest BCUT2D eigenvalue weighted by Gasteiger charge is 2.21. The number of hydrogen-bond acceptors (Lipinski definition) is 9. The van der Waals surface area contributed by atoms with Gasteiger partial charge in [-0.3, -0.25) is 24.3 Å². The number of nitro groups is 1. The van der Waals surface area contributed by atoms with Crippen molar-refractivity contribution in [2.45, 2.75) is 32.5 Å². The second kappa shape index (κ2) is 11.3. The van der Waals surface area contributed by atoms with Crippen molar-refractivity contribution in [3.8, 4) is 5.69 Å². The molecular weight excluding hydrogens is 514 g/mol. The van der Waals surface area contributed by atoms with E-state index in [2.05, 4.69) is 25.8 Å². The van der Waals surface area contributed by atoms with Crippen LogP contribution in [0.1, 0.15) is 32.9 Å². The summed E-state index contributed by atoms with van der Waals surface area (Å²) in [6.45, 7) is 5.53. The van der Waals surface area contributed by atoms with Gasteiger partial charge in [0, 0.05) is 28.8 Å². The lowest BCUT2D eigenvalue weighted by Gasteiger charge is -2.15. The standard InChI is InChI=1S/C24H23N7O4S2/c1-14-6-4-8-18(15(14)2)30-20(12-26-22(33)17-7-5-9-19(16(17)3)31(34)35)28-29-24(30)37-13-21(32)27-23-25-10-11-36-23/h4-11H,12-13H2,1-3H3,(H,26,33)(H,25,27,32). The number of nitrogens with zero attached hydrogens (tertiary/aromatic N) is 5. The number of thioether (sulfide) groups is 1. The summed E-state index contributed by atoms with van der Waals surface area (Å²) < 4.78 is 1.81. The van der Waals surface area contributed by atoms with E-state index in [1.165, 1.54) is 48.2 Å². The van der Waals surface area contributed by atoms with E-state index in [0.717, 1.165) is 16.8 Å². The Morgan fingerprint density at radius 3 is 2.62 bits per heavy atom. The van der Waals surface area contributed by atoms with Crippen LogP contribution >= 0.6 is 23.1 Å². The second-order valence-electron chi connectivity index (χ2n) is 8.02. The summed E-state index contributed by atoms with van der Waals surface area (Å²) in [6, 6.07) is 10.2. The van der Waals surface area contributed by atoms with E-state index in [-0.39, 0.29) is 35.0 Å². The Morgan fingerprint density at radius 2 is 1.89 bits per heavy atom. The number of carbonyl (C=O) groups excluding carboxylic acids is 2. The summed E-state index contributed by atoms with van der Waals surface area (Å²) in [5, 5.41) is 28.1. The molecule has 0 unspecified atom stereocenters. The summed E-state index contributed by atoms with van der Waals surface area (Å²) in [6.07, 6.45) is 1.61. The predicted octanol–water partition coefficient (Wildman–Crippen LogP) is 4.22. The Bertz CT molecular complexity index is 1470. The summed E-state index contributed by atoms with van der Waals surface area (Å²) in [4.78, 5) is 40.1. The summed E-state index contributed by atoms with van der Waals surface area (Å²) in [5.41, 5.74) is 3.25. The van der Waals surface area contributed by atoms with Gasteiger partial charge in [0.15, 0.2) is 16.1 Å². The first-order valence-corrected chi connectivity index (χ1v) is 13.0. The maximum absolute atomic E-state index is 12.9. The van der Waals surface area contributed by atoms with Crippen LogP contribution < -0.4 is 10.6 Å². The lowest BCUT2D eigenvalue weighted by molar-refractivity contribution is -0.385. The molecule has 0 aliphatic rings. The first kappa shape index (κ1) is 26.0. The SMILES string of the molecule is Cc1cccc(-n2c(CNC(=O)c3cccc([N+](=O)[O-])c3C)nnc2SCC(=O)Nc2nccs2)c1C. The lowest BCUT2D eigenvalue weighted by atomic mass is 10.1. The molecule has 2 aromatic carbocycles. The van der Waals surface area contributed by atoms with Gasteiger partial charge in [-0.25, -0.2) is 4.98 Å². The number of carbonyl (C=O) groups is 2. The Hall–Kier alpha value is -4.10. The zero-order valence-corrected chi connectivity index (χ0v) is 21.9. The smallest absolute Gasteiger partial charge is 0.273 e. The van der Waals surface area contributed by atoms with Gasteiger partial charge >= 0.3 is 0 Å². The lowest BCUT2D eigenvalue weighted by Crippen LogP contribution is -2.25. The van der Waals surface area contributed by atoms with Gasteiger partial charge in [0.25, 0.3) is 11.6 Å². The number of aryl methyl sites for hydroxylation is 1. The molecule has 37 heavy (non-hydrogen) atoms. The van der Waals surface area contributed by atoms with Crippen LogP contribution in [0.15, 0.2) is 53.1 Å². The number of benzene rings is 2. The van der Waals surface area contributed by atoms with E-state index >= 15 is 0 Å². The fraction of sp³-hybridized carbons (Fsp3) is 0.208. The van der Waals surface area contributed by atoms with Crippen LogP contribution in [0, 0.1) is 30.9 Å². The molecule has 0 spiro atoms. The molecular formula is C24H23N7O4S2. The molecule has 11 nitrogen and oxygen atoms in total. The average Bonchev–Trinajstić information content (AvgIpc) is 3.52. The molecule has 0 radical (unpaired) electrons. The van der Waals surface area contributed by atoms with Crippen molar-refractivity contribution in [3.63, 3.8) is 0 Å². The molecule has 4 aromatic rings. The van der Waals surface area contributed by atoms with Crippen LogP contribution in [0.2, 0.25) is 0 Å². The second-order valence-corrected chi connectivity index (χ2v) is 9.85. The normalized spacial score (nSPS) is 10.8. The van der Waals surface area contributed by atoms with Crippen LogP contribution in [0.5, 0.6) is 0 Å². The Morgan fingerprint density at radius 1 is 1.11 bits per heavy atom. The van der Waals surface area contributed by atoms with Crippen molar-refractivity contribution in [1.29, 1.82) is 0 Å². The fourth-order valence-electron chi connectivity index (χ4n) is 3.62. The summed E-state index contributed by atoms with van der Waals surface area (Å²) in [7, 11) is 0. The van der Waals surface area contributed by atoms with Crippen molar-refractivity contribution >= 4 is 45.7 Å². The minimum Gasteiger partial charge on any atom is -0.345 e. The molecule has 4 rings (SSSR count). The molecule has 0 saturated carbocycles. The number of hydrogen-bond donors (Lipinski definition) is 2. The molecule has 2 N–H and O–H groups in total. The molecule has 190 valence electrons. The fourth-order valence-corrected chi connectivity index (χ4v) is 4.93. The van der Waals surface area contributed by atoms with Crippen molar-refractivity contribution in [2.24, 2.45) is 0 Å².